The normalized spacial score (nSPS) is 12.0. The van der Waals surface area contributed by atoms with Crippen molar-refractivity contribution in [3.05, 3.63) is 12.2 Å². The van der Waals surface area contributed by atoms with Crippen LogP contribution in [0.4, 0.5) is 0 Å². The molecule has 0 saturated carbocycles. The molecule has 8 heteroatoms. The van der Waals surface area contributed by atoms with Crippen molar-refractivity contribution in [3.63, 3.8) is 0 Å². The maximum absolute atomic E-state index is 13.2. The fourth-order valence-electron chi connectivity index (χ4n) is 6.39. The Morgan fingerprint density at radius 2 is 0.959 bits per heavy atom. The summed E-state index contributed by atoms with van der Waals surface area (Å²) < 4.78 is 0. The van der Waals surface area contributed by atoms with Crippen LogP contribution < -0.4 is 22.5 Å². The Morgan fingerprint density at radius 1 is 0.592 bits per heavy atom. The van der Waals surface area contributed by atoms with E-state index in [1.165, 1.54) is 154 Å². The zero-order valence-corrected chi connectivity index (χ0v) is 32.5. The van der Waals surface area contributed by atoms with E-state index in [9.17, 15) is 9.59 Å². The third kappa shape index (κ3) is 32.8. The van der Waals surface area contributed by atoms with Crippen molar-refractivity contribution < 1.29 is 9.59 Å². The summed E-state index contributed by atoms with van der Waals surface area (Å²) in [5.74, 6) is -0.549. The van der Waals surface area contributed by atoms with Gasteiger partial charge in [-0.2, -0.15) is 0 Å². The summed E-state index contributed by atoms with van der Waals surface area (Å²) >= 11 is 0. The summed E-state index contributed by atoms with van der Waals surface area (Å²) in [6, 6.07) is -0.766. The second-order valence-electron chi connectivity index (χ2n) is 14.3. The first-order valence-corrected chi connectivity index (χ1v) is 20.9. The molecule has 49 heavy (non-hydrogen) atoms. The SMILES string of the molecule is CCCCCCCCC=CCCCCCCCCN(CCCCCCCCCCCCCCCC)C(=O)CNC(=O)C(CCN)N=C(N)N. The highest BCUT2D eigenvalue weighted by Crippen LogP contribution is 2.14. The number of hydrogen-bond acceptors (Lipinski definition) is 4. The summed E-state index contributed by atoms with van der Waals surface area (Å²) in [5.41, 5.74) is 16.6. The number of carbonyl (C=O) groups is 2. The number of amides is 2. The number of rotatable bonds is 37. The van der Waals surface area contributed by atoms with Crippen LogP contribution >= 0.6 is 0 Å². The standard InChI is InChI=1S/C41H82N6O2/c1-3-5-7-9-11-13-15-17-19-20-22-24-26-28-30-32-36-47(39(48)37-45-40(49)38(33-34-42)46-41(43)44)35-31-29-27-25-23-21-18-16-14-12-10-8-6-4-2/h17,19,38H,3-16,18,20-37,42H2,1-2H3,(H,45,49)(H4,43,44,46). The Bertz CT molecular complexity index is 799. The molecule has 0 radical (unpaired) electrons. The number of allylic oxidation sites excluding steroid dienone is 2. The number of hydrogen-bond donors (Lipinski definition) is 4. The minimum atomic E-state index is -0.766. The summed E-state index contributed by atoms with van der Waals surface area (Å²) in [5, 5.41) is 2.75. The van der Waals surface area contributed by atoms with Gasteiger partial charge in [0.15, 0.2) is 5.96 Å². The summed E-state index contributed by atoms with van der Waals surface area (Å²) in [6.45, 7) is 6.28. The van der Waals surface area contributed by atoms with Crippen molar-refractivity contribution in [2.75, 3.05) is 26.2 Å². The molecule has 0 aromatic carbocycles. The van der Waals surface area contributed by atoms with Gasteiger partial charge in [0.1, 0.15) is 6.04 Å². The van der Waals surface area contributed by atoms with Crippen LogP contribution in [-0.2, 0) is 9.59 Å². The number of nitrogens with two attached hydrogens (primary N) is 3. The Balaban J connectivity index is 4.36. The molecule has 288 valence electrons. The number of nitrogens with zero attached hydrogens (tertiary/aromatic N) is 2. The minimum Gasteiger partial charge on any atom is -0.370 e. The molecule has 0 spiro atoms. The third-order valence-corrected chi connectivity index (χ3v) is 9.54. The van der Waals surface area contributed by atoms with Gasteiger partial charge in [-0.25, -0.2) is 4.99 Å². The van der Waals surface area contributed by atoms with Gasteiger partial charge in [-0.15, -0.1) is 0 Å². The van der Waals surface area contributed by atoms with Crippen molar-refractivity contribution in [3.8, 4) is 0 Å². The predicted octanol–water partition coefficient (Wildman–Crippen LogP) is 9.44. The van der Waals surface area contributed by atoms with E-state index < -0.39 is 6.04 Å². The molecule has 0 rings (SSSR count). The van der Waals surface area contributed by atoms with Gasteiger partial charge in [-0.05, 0) is 51.5 Å². The van der Waals surface area contributed by atoms with Gasteiger partial charge in [0.25, 0.3) is 0 Å². The average Bonchev–Trinajstić information content (AvgIpc) is 3.09. The zero-order chi connectivity index (χ0) is 36.0. The van der Waals surface area contributed by atoms with Crippen molar-refractivity contribution in [1.82, 2.24) is 10.2 Å². The van der Waals surface area contributed by atoms with Gasteiger partial charge in [0.2, 0.25) is 11.8 Å². The summed E-state index contributed by atoms with van der Waals surface area (Å²) in [7, 11) is 0. The van der Waals surface area contributed by atoms with Gasteiger partial charge in [0, 0.05) is 13.1 Å². The molecule has 0 bridgehead atoms. The van der Waals surface area contributed by atoms with Crippen LogP contribution in [0.15, 0.2) is 17.1 Å². The fraction of sp³-hybridized carbons (Fsp3) is 0.878. The van der Waals surface area contributed by atoms with Crippen molar-refractivity contribution in [2.24, 2.45) is 22.2 Å². The Kier molecular flexibility index (Phi) is 35.6. The number of carbonyl (C=O) groups excluding carboxylic acids is 2. The van der Waals surface area contributed by atoms with Gasteiger partial charge in [-0.3, -0.25) is 9.59 Å². The molecule has 0 aliphatic heterocycles. The van der Waals surface area contributed by atoms with Crippen molar-refractivity contribution in [1.29, 1.82) is 0 Å². The monoisotopic (exact) mass is 691 g/mol. The molecule has 0 aliphatic carbocycles. The zero-order valence-electron chi connectivity index (χ0n) is 32.5. The van der Waals surface area contributed by atoms with Crippen LogP contribution in [-0.4, -0.2) is 54.9 Å². The van der Waals surface area contributed by atoms with Crippen molar-refractivity contribution in [2.45, 2.75) is 206 Å². The maximum Gasteiger partial charge on any atom is 0.245 e. The van der Waals surface area contributed by atoms with Crippen LogP contribution in [0.25, 0.3) is 0 Å². The first-order valence-electron chi connectivity index (χ1n) is 20.9. The average molecular weight is 691 g/mol. The highest BCUT2D eigenvalue weighted by atomic mass is 16.2. The van der Waals surface area contributed by atoms with Gasteiger partial charge in [-0.1, -0.05) is 167 Å². The van der Waals surface area contributed by atoms with E-state index in [4.69, 9.17) is 17.2 Å². The number of nitrogens with one attached hydrogen (secondary N) is 1. The number of guanidine groups is 1. The molecule has 0 saturated heterocycles. The first kappa shape index (κ1) is 46.9. The van der Waals surface area contributed by atoms with E-state index in [1.54, 1.807) is 0 Å². The first-order chi connectivity index (χ1) is 24.0. The molecule has 1 unspecified atom stereocenters. The molecule has 2 amide bonds. The number of unbranched alkanes of at least 4 members (excludes halogenated alkanes) is 25. The lowest BCUT2D eigenvalue weighted by molar-refractivity contribution is -0.133. The van der Waals surface area contributed by atoms with E-state index in [1.807, 2.05) is 4.90 Å². The minimum absolute atomic E-state index is 0.0352. The molecule has 7 N–H and O–H groups in total. The lowest BCUT2D eigenvalue weighted by Gasteiger charge is -2.23. The second kappa shape index (κ2) is 37.2. The molecule has 0 heterocycles. The Hall–Kier alpha value is -2.09. The van der Waals surface area contributed by atoms with Gasteiger partial charge >= 0.3 is 0 Å². The highest BCUT2D eigenvalue weighted by Gasteiger charge is 2.20. The van der Waals surface area contributed by atoms with Gasteiger partial charge < -0.3 is 27.4 Å². The van der Waals surface area contributed by atoms with Crippen LogP contribution in [0.3, 0.4) is 0 Å². The molecule has 0 aromatic rings. The highest BCUT2D eigenvalue weighted by molar-refractivity contribution is 5.89. The molecule has 8 nitrogen and oxygen atoms in total. The number of aliphatic imine (C=N–C) groups is 1. The van der Waals surface area contributed by atoms with Crippen molar-refractivity contribution >= 4 is 17.8 Å². The fourth-order valence-corrected chi connectivity index (χ4v) is 6.39. The summed E-state index contributed by atoms with van der Waals surface area (Å²) in [4.78, 5) is 31.8. The summed E-state index contributed by atoms with van der Waals surface area (Å²) in [6.07, 6.45) is 41.2. The van der Waals surface area contributed by atoms with Gasteiger partial charge in [0.05, 0.1) is 6.54 Å². The topological polar surface area (TPSA) is 140 Å². The van der Waals surface area contributed by atoms with Crippen LogP contribution in [0, 0.1) is 0 Å². The van der Waals surface area contributed by atoms with Crippen LogP contribution in [0.5, 0.6) is 0 Å². The Morgan fingerprint density at radius 3 is 1.33 bits per heavy atom. The van der Waals surface area contributed by atoms with E-state index in [-0.39, 0.29) is 30.9 Å². The van der Waals surface area contributed by atoms with Crippen LogP contribution in [0.1, 0.15) is 200 Å². The van der Waals surface area contributed by atoms with Crippen LogP contribution in [0.2, 0.25) is 0 Å². The lowest BCUT2D eigenvalue weighted by Crippen LogP contribution is -2.44. The second-order valence-corrected chi connectivity index (χ2v) is 14.3. The molecule has 0 fully saturated rings. The molecular formula is C41H82N6O2. The Labute approximate surface area is 303 Å². The van der Waals surface area contributed by atoms with E-state index in [0.717, 1.165) is 38.8 Å². The van der Waals surface area contributed by atoms with E-state index in [2.05, 4.69) is 36.3 Å². The third-order valence-electron chi connectivity index (χ3n) is 9.54. The lowest BCUT2D eigenvalue weighted by atomic mass is 10.0. The molecule has 1 atom stereocenters. The predicted molar refractivity (Wildman–Crippen MR) is 213 cm³/mol. The molecule has 0 aromatic heterocycles. The van der Waals surface area contributed by atoms with E-state index in [0.29, 0.717) is 6.42 Å². The van der Waals surface area contributed by atoms with E-state index >= 15 is 0 Å². The molecular weight excluding hydrogens is 608 g/mol. The largest absolute Gasteiger partial charge is 0.370 e. The quantitative estimate of drug-likeness (QED) is 0.0223. The maximum atomic E-state index is 13.2. The molecule has 0 aliphatic rings. The smallest absolute Gasteiger partial charge is 0.245 e.